The summed E-state index contributed by atoms with van der Waals surface area (Å²) in [6.45, 7) is 6.91. The summed E-state index contributed by atoms with van der Waals surface area (Å²) >= 11 is 0. The fourth-order valence-electron chi connectivity index (χ4n) is 2.40. The van der Waals surface area contributed by atoms with E-state index in [0.29, 0.717) is 36.0 Å². The van der Waals surface area contributed by atoms with Crippen LogP contribution < -0.4 is 14.2 Å². The van der Waals surface area contributed by atoms with Crippen molar-refractivity contribution in [1.82, 2.24) is 0 Å². The van der Waals surface area contributed by atoms with Gasteiger partial charge in [-0.3, -0.25) is 4.79 Å². The van der Waals surface area contributed by atoms with Crippen LogP contribution in [0, 0.1) is 0 Å². The highest BCUT2D eigenvalue weighted by Crippen LogP contribution is 2.25. The number of carbonyl (C=O) groups excluding carboxylic acids is 1. The molecule has 2 aromatic carbocycles. The van der Waals surface area contributed by atoms with Crippen molar-refractivity contribution in [3.05, 3.63) is 90.2 Å². The third-order valence-electron chi connectivity index (χ3n) is 3.71. The number of allylic oxidation sites excluding steroid dienone is 3. The molecule has 0 saturated carbocycles. The van der Waals surface area contributed by atoms with Crippen molar-refractivity contribution >= 4 is 5.78 Å². The van der Waals surface area contributed by atoms with Gasteiger partial charge in [0.15, 0.2) is 5.78 Å². The molecule has 0 N–H and O–H groups in total. The van der Waals surface area contributed by atoms with Crippen molar-refractivity contribution in [2.45, 2.75) is 13.5 Å². The minimum Gasteiger partial charge on any atom is -0.494 e. The van der Waals surface area contributed by atoms with Crippen molar-refractivity contribution in [2.75, 3.05) is 6.61 Å². The molecular weight excluding hydrogens is 328 g/mol. The maximum atomic E-state index is 11.5. The van der Waals surface area contributed by atoms with E-state index in [9.17, 15) is 4.79 Å². The summed E-state index contributed by atoms with van der Waals surface area (Å²) in [5.74, 6) is 2.44. The van der Waals surface area contributed by atoms with Gasteiger partial charge in [0.1, 0.15) is 29.6 Å². The number of carbonyl (C=O) groups is 1. The number of hydrogen-bond donors (Lipinski definition) is 0. The Morgan fingerprint density at radius 3 is 2.46 bits per heavy atom. The monoisotopic (exact) mass is 348 g/mol. The van der Waals surface area contributed by atoms with Gasteiger partial charge in [0.05, 0.1) is 6.61 Å². The highest BCUT2D eigenvalue weighted by atomic mass is 16.5. The molecule has 0 aromatic heterocycles. The van der Waals surface area contributed by atoms with Crippen LogP contribution in [0.2, 0.25) is 0 Å². The van der Waals surface area contributed by atoms with Gasteiger partial charge in [0.25, 0.3) is 0 Å². The van der Waals surface area contributed by atoms with E-state index < -0.39 is 0 Å². The Bertz CT molecular complexity index is 860. The van der Waals surface area contributed by atoms with Crippen LogP contribution in [0.5, 0.6) is 17.2 Å². The summed E-state index contributed by atoms with van der Waals surface area (Å²) < 4.78 is 17.0. The maximum absolute atomic E-state index is 11.5. The lowest BCUT2D eigenvalue weighted by molar-refractivity contribution is -0.110. The fraction of sp³-hybridized carbons (Fsp3) is 0.136. The first-order valence-electron chi connectivity index (χ1n) is 8.39. The van der Waals surface area contributed by atoms with Crippen LogP contribution in [0.15, 0.2) is 84.7 Å². The van der Waals surface area contributed by atoms with Gasteiger partial charge in [-0.1, -0.05) is 24.8 Å². The summed E-state index contributed by atoms with van der Waals surface area (Å²) in [6, 6.07) is 15.1. The Morgan fingerprint density at radius 1 is 0.923 bits per heavy atom. The van der Waals surface area contributed by atoms with E-state index >= 15 is 0 Å². The first kappa shape index (κ1) is 17.5. The summed E-state index contributed by atoms with van der Waals surface area (Å²) in [5.41, 5.74) is 1.70. The Hall–Kier alpha value is -3.27. The Labute approximate surface area is 153 Å². The first-order chi connectivity index (χ1) is 12.6. The molecule has 4 heteroatoms. The molecule has 0 amide bonds. The third kappa shape index (κ3) is 4.63. The molecule has 0 unspecified atom stereocenters. The second-order valence-corrected chi connectivity index (χ2v) is 5.71. The average Bonchev–Trinajstić information content (AvgIpc) is 2.65. The summed E-state index contributed by atoms with van der Waals surface area (Å²) in [4.78, 5) is 11.5. The van der Waals surface area contributed by atoms with Gasteiger partial charge in [0.2, 0.25) is 0 Å². The topological polar surface area (TPSA) is 44.8 Å². The molecule has 0 heterocycles. The lowest BCUT2D eigenvalue weighted by Crippen LogP contribution is -2.05. The fourth-order valence-corrected chi connectivity index (χ4v) is 2.40. The molecule has 3 rings (SSSR count). The van der Waals surface area contributed by atoms with Gasteiger partial charge >= 0.3 is 0 Å². The molecule has 0 fully saturated rings. The zero-order valence-electron chi connectivity index (χ0n) is 14.6. The van der Waals surface area contributed by atoms with Crippen molar-refractivity contribution in [2.24, 2.45) is 0 Å². The van der Waals surface area contributed by atoms with Crippen LogP contribution in [0.3, 0.4) is 0 Å². The van der Waals surface area contributed by atoms with E-state index in [4.69, 9.17) is 14.2 Å². The van der Waals surface area contributed by atoms with Crippen LogP contribution >= 0.6 is 0 Å². The second-order valence-electron chi connectivity index (χ2n) is 5.71. The number of hydrogen-bond acceptors (Lipinski definition) is 4. The number of benzene rings is 2. The molecule has 2 aromatic rings. The van der Waals surface area contributed by atoms with Crippen LogP contribution in [0.1, 0.15) is 12.5 Å². The quantitative estimate of drug-likeness (QED) is 0.732. The zero-order chi connectivity index (χ0) is 18.4. The number of ketones is 1. The number of ether oxygens (including phenoxy) is 3. The Balaban J connectivity index is 1.62. The van der Waals surface area contributed by atoms with Crippen LogP contribution in [0.25, 0.3) is 0 Å². The van der Waals surface area contributed by atoms with E-state index in [1.807, 2.05) is 43.3 Å². The zero-order valence-corrected chi connectivity index (χ0v) is 14.6. The van der Waals surface area contributed by atoms with Crippen LogP contribution in [-0.4, -0.2) is 12.4 Å². The molecule has 0 radical (unpaired) electrons. The van der Waals surface area contributed by atoms with Crippen LogP contribution in [0.4, 0.5) is 0 Å². The van der Waals surface area contributed by atoms with Gasteiger partial charge in [-0.15, -0.1) is 0 Å². The SMILES string of the molecule is C=C1C=CC(=O)C=C1Oc1cccc(OCc2ccc(OCC)cc2)c1. The Kier molecular flexibility index (Phi) is 5.54. The largest absolute Gasteiger partial charge is 0.494 e. The summed E-state index contributed by atoms with van der Waals surface area (Å²) in [6.07, 6.45) is 4.53. The standard InChI is InChI=1S/C22H20O4/c1-3-24-19-11-8-17(9-12-19)15-25-20-5-4-6-21(14-20)26-22-13-18(23)10-7-16(22)2/h4-14H,2-3,15H2,1H3. The van der Waals surface area contributed by atoms with E-state index in [0.717, 1.165) is 11.3 Å². The predicted octanol–water partition coefficient (Wildman–Crippen LogP) is 4.62. The summed E-state index contributed by atoms with van der Waals surface area (Å²) in [7, 11) is 0. The van der Waals surface area contributed by atoms with Crippen molar-refractivity contribution in [3.63, 3.8) is 0 Å². The van der Waals surface area contributed by atoms with Gasteiger partial charge in [-0.05, 0) is 48.9 Å². The molecule has 1 aliphatic rings. The molecule has 26 heavy (non-hydrogen) atoms. The predicted molar refractivity (Wildman–Crippen MR) is 100 cm³/mol. The summed E-state index contributed by atoms with van der Waals surface area (Å²) in [5, 5.41) is 0. The highest BCUT2D eigenvalue weighted by molar-refractivity contribution is 6.02. The molecule has 1 aliphatic carbocycles. The lowest BCUT2D eigenvalue weighted by atomic mass is 10.1. The minimum absolute atomic E-state index is 0.115. The average molecular weight is 348 g/mol. The maximum Gasteiger partial charge on any atom is 0.182 e. The molecule has 0 atom stereocenters. The minimum atomic E-state index is -0.115. The van der Waals surface area contributed by atoms with Gasteiger partial charge in [0, 0.05) is 17.7 Å². The molecule has 132 valence electrons. The molecule has 0 aliphatic heterocycles. The Morgan fingerprint density at radius 2 is 1.69 bits per heavy atom. The van der Waals surface area contributed by atoms with Gasteiger partial charge < -0.3 is 14.2 Å². The third-order valence-corrected chi connectivity index (χ3v) is 3.71. The van der Waals surface area contributed by atoms with Gasteiger partial charge in [-0.25, -0.2) is 0 Å². The normalized spacial score (nSPS) is 13.3. The van der Waals surface area contributed by atoms with Crippen molar-refractivity contribution < 1.29 is 19.0 Å². The van der Waals surface area contributed by atoms with Gasteiger partial charge in [-0.2, -0.15) is 0 Å². The number of rotatable bonds is 7. The van der Waals surface area contributed by atoms with Crippen LogP contribution in [-0.2, 0) is 11.4 Å². The molecule has 0 bridgehead atoms. The second kappa shape index (κ2) is 8.21. The smallest absolute Gasteiger partial charge is 0.182 e. The highest BCUT2D eigenvalue weighted by Gasteiger charge is 2.11. The lowest BCUT2D eigenvalue weighted by Gasteiger charge is -2.13. The molecular formula is C22H20O4. The molecule has 4 nitrogen and oxygen atoms in total. The molecule has 0 saturated heterocycles. The van der Waals surface area contributed by atoms with E-state index in [1.165, 1.54) is 12.2 Å². The van der Waals surface area contributed by atoms with E-state index in [1.54, 1.807) is 18.2 Å². The van der Waals surface area contributed by atoms with Crippen molar-refractivity contribution in [3.8, 4) is 17.2 Å². The first-order valence-corrected chi connectivity index (χ1v) is 8.39. The van der Waals surface area contributed by atoms with Crippen molar-refractivity contribution in [1.29, 1.82) is 0 Å². The molecule has 0 spiro atoms. The van der Waals surface area contributed by atoms with E-state index in [2.05, 4.69) is 6.58 Å². The van der Waals surface area contributed by atoms with E-state index in [-0.39, 0.29) is 5.78 Å².